The van der Waals surface area contributed by atoms with Crippen LogP contribution in [0.15, 0.2) is 53.5 Å². The van der Waals surface area contributed by atoms with Gasteiger partial charge in [-0.25, -0.2) is 4.98 Å². The number of rotatable bonds is 4. The molecule has 2 heterocycles. The molecule has 0 fully saturated rings. The van der Waals surface area contributed by atoms with Gasteiger partial charge in [-0.05, 0) is 41.8 Å². The van der Waals surface area contributed by atoms with Gasteiger partial charge < -0.3 is 5.11 Å². The number of hydrogen-bond donors (Lipinski definition) is 1. The molecule has 4 heteroatoms. The second kappa shape index (κ2) is 6.02. The molecule has 4 nitrogen and oxygen atoms in total. The van der Waals surface area contributed by atoms with Gasteiger partial charge in [-0.3, -0.25) is 9.36 Å². The Bertz CT molecular complexity index is 868. The molecular weight excluding hydrogens is 276 g/mol. The summed E-state index contributed by atoms with van der Waals surface area (Å²) in [6.45, 7) is 2.77. The average Bonchev–Trinajstić information content (AvgIpc) is 2.53. The van der Waals surface area contributed by atoms with Crippen LogP contribution in [-0.4, -0.2) is 14.7 Å². The molecule has 0 atom stereocenters. The summed E-state index contributed by atoms with van der Waals surface area (Å²) in [6, 6.07) is 12.4. The lowest BCUT2D eigenvalue weighted by atomic mass is 10.0. The summed E-state index contributed by atoms with van der Waals surface area (Å²) in [7, 11) is 0. The van der Waals surface area contributed by atoms with E-state index in [1.54, 1.807) is 35.0 Å². The van der Waals surface area contributed by atoms with Crippen molar-refractivity contribution < 1.29 is 5.11 Å². The first-order valence-electron chi connectivity index (χ1n) is 7.48. The van der Waals surface area contributed by atoms with E-state index >= 15 is 0 Å². The third-order valence-corrected chi connectivity index (χ3v) is 3.76. The van der Waals surface area contributed by atoms with Gasteiger partial charge in [-0.15, -0.1) is 0 Å². The predicted octanol–water partition coefficient (Wildman–Crippen LogP) is 3.57. The van der Waals surface area contributed by atoms with E-state index in [2.05, 4.69) is 11.9 Å². The van der Waals surface area contributed by atoms with Gasteiger partial charge in [0.15, 0.2) is 0 Å². The number of aromatic nitrogens is 2. The van der Waals surface area contributed by atoms with Gasteiger partial charge in [0.1, 0.15) is 11.4 Å². The zero-order valence-corrected chi connectivity index (χ0v) is 12.5. The molecule has 0 aliphatic heterocycles. The number of fused-ring (bicyclic) bond motifs is 1. The Balaban J connectivity index is 2.27. The summed E-state index contributed by atoms with van der Waals surface area (Å²) in [5, 5.41) is 10.6. The van der Waals surface area contributed by atoms with Gasteiger partial charge >= 0.3 is 0 Å². The molecule has 1 aromatic carbocycles. The van der Waals surface area contributed by atoms with Crippen molar-refractivity contribution in [2.75, 3.05) is 0 Å². The van der Waals surface area contributed by atoms with Gasteiger partial charge in [0.2, 0.25) is 0 Å². The Kier molecular flexibility index (Phi) is 3.92. The van der Waals surface area contributed by atoms with Crippen LogP contribution in [0.2, 0.25) is 0 Å². The van der Waals surface area contributed by atoms with E-state index in [9.17, 15) is 9.90 Å². The minimum atomic E-state index is -0.0574. The number of aromatic hydroxyl groups is 1. The number of phenolic OH excluding ortho intramolecular Hbond substituents is 1. The summed E-state index contributed by atoms with van der Waals surface area (Å²) < 4.78 is 1.73. The van der Waals surface area contributed by atoms with Gasteiger partial charge in [0.05, 0.1) is 0 Å². The fraction of sp³-hybridized carbons (Fsp3) is 0.222. The molecule has 112 valence electrons. The minimum Gasteiger partial charge on any atom is -0.508 e. The molecule has 0 saturated carbocycles. The van der Waals surface area contributed by atoms with Crippen LogP contribution in [0.4, 0.5) is 0 Å². The molecule has 0 radical (unpaired) electrons. The number of phenols is 1. The number of pyridine rings is 2. The summed E-state index contributed by atoms with van der Waals surface area (Å²) in [6.07, 6.45) is 3.67. The van der Waals surface area contributed by atoms with Crippen molar-refractivity contribution in [2.24, 2.45) is 0 Å². The van der Waals surface area contributed by atoms with Gasteiger partial charge in [0, 0.05) is 24.2 Å². The quantitative estimate of drug-likeness (QED) is 0.800. The maximum absolute atomic E-state index is 12.5. The fourth-order valence-corrected chi connectivity index (χ4v) is 2.65. The monoisotopic (exact) mass is 294 g/mol. The van der Waals surface area contributed by atoms with E-state index in [4.69, 9.17) is 0 Å². The third-order valence-electron chi connectivity index (χ3n) is 3.76. The number of nitrogens with zero attached hydrogens (tertiary/aromatic N) is 2. The van der Waals surface area contributed by atoms with Crippen LogP contribution in [0.3, 0.4) is 0 Å². The summed E-state index contributed by atoms with van der Waals surface area (Å²) in [4.78, 5) is 16.9. The molecule has 0 saturated heterocycles. The molecule has 1 N–H and O–H groups in total. The highest BCUT2D eigenvalue weighted by Gasteiger charge is 2.11. The molecule has 22 heavy (non-hydrogen) atoms. The second-order valence-electron chi connectivity index (χ2n) is 5.33. The van der Waals surface area contributed by atoms with Crippen molar-refractivity contribution in [3.63, 3.8) is 0 Å². The van der Waals surface area contributed by atoms with Crippen LogP contribution in [0.1, 0.15) is 19.8 Å². The predicted molar refractivity (Wildman–Crippen MR) is 88.0 cm³/mol. The Labute approximate surface area is 128 Å². The third kappa shape index (κ3) is 2.60. The molecule has 0 unspecified atom stereocenters. The molecule has 3 aromatic rings. The number of benzene rings is 1. The maximum Gasteiger partial charge on any atom is 0.252 e. The first-order chi connectivity index (χ1) is 10.7. The molecule has 0 amide bonds. The first kappa shape index (κ1) is 14.3. The van der Waals surface area contributed by atoms with Crippen LogP contribution < -0.4 is 5.56 Å². The SMILES string of the molecule is CCCCn1c(=O)cc(-c2cccc(O)c2)c2cccnc21. The Hall–Kier alpha value is -2.62. The lowest BCUT2D eigenvalue weighted by Crippen LogP contribution is -2.21. The van der Waals surface area contributed by atoms with E-state index in [1.807, 2.05) is 18.2 Å². The molecule has 3 rings (SSSR count). The second-order valence-corrected chi connectivity index (χ2v) is 5.33. The van der Waals surface area contributed by atoms with E-state index in [0.717, 1.165) is 29.4 Å². The Morgan fingerprint density at radius 1 is 1.18 bits per heavy atom. The lowest BCUT2D eigenvalue weighted by molar-refractivity contribution is 0.475. The Morgan fingerprint density at radius 2 is 2.05 bits per heavy atom. The Morgan fingerprint density at radius 3 is 2.82 bits per heavy atom. The molecule has 0 bridgehead atoms. The largest absolute Gasteiger partial charge is 0.508 e. The van der Waals surface area contributed by atoms with Gasteiger partial charge in [-0.2, -0.15) is 0 Å². The minimum absolute atomic E-state index is 0.0574. The molecule has 0 aliphatic rings. The van der Waals surface area contributed by atoms with Crippen LogP contribution in [0, 0.1) is 0 Å². The molecule has 0 aliphatic carbocycles. The van der Waals surface area contributed by atoms with E-state index < -0.39 is 0 Å². The van der Waals surface area contributed by atoms with Crippen molar-refractivity contribution in [1.29, 1.82) is 0 Å². The first-order valence-corrected chi connectivity index (χ1v) is 7.48. The van der Waals surface area contributed by atoms with Crippen LogP contribution in [0.25, 0.3) is 22.2 Å². The molecular formula is C18H18N2O2. The van der Waals surface area contributed by atoms with Crippen molar-refractivity contribution in [3.05, 3.63) is 59.0 Å². The number of unbranched alkanes of at least 4 members (excludes halogenated alkanes) is 1. The lowest BCUT2D eigenvalue weighted by Gasteiger charge is -2.12. The smallest absolute Gasteiger partial charge is 0.252 e. The normalized spacial score (nSPS) is 11.0. The van der Waals surface area contributed by atoms with Crippen molar-refractivity contribution in [1.82, 2.24) is 9.55 Å². The van der Waals surface area contributed by atoms with Gasteiger partial charge in [-0.1, -0.05) is 25.5 Å². The average molecular weight is 294 g/mol. The zero-order valence-electron chi connectivity index (χ0n) is 12.5. The molecule has 0 spiro atoms. The van der Waals surface area contributed by atoms with Gasteiger partial charge in [0.25, 0.3) is 5.56 Å². The number of aryl methyl sites for hydroxylation is 1. The zero-order chi connectivity index (χ0) is 15.5. The maximum atomic E-state index is 12.5. The van der Waals surface area contributed by atoms with Crippen molar-refractivity contribution in [3.8, 4) is 16.9 Å². The summed E-state index contributed by atoms with van der Waals surface area (Å²) in [5.74, 6) is 0.185. The highest BCUT2D eigenvalue weighted by Crippen LogP contribution is 2.28. The highest BCUT2D eigenvalue weighted by molar-refractivity contribution is 5.92. The van der Waals surface area contributed by atoms with Crippen molar-refractivity contribution >= 4 is 11.0 Å². The standard InChI is InChI=1S/C18H18N2O2/c1-2-3-10-20-17(22)12-16(13-6-4-7-14(21)11-13)15-8-5-9-19-18(15)20/h4-9,11-12,21H,2-3,10H2,1H3. The van der Waals surface area contributed by atoms with Crippen LogP contribution in [0.5, 0.6) is 5.75 Å². The van der Waals surface area contributed by atoms with Crippen LogP contribution >= 0.6 is 0 Å². The summed E-state index contributed by atoms with van der Waals surface area (Å²) >= 11 is 0. The topological polar surface area (TPSA) is 55.1 Å². The molecule has 2 aromatic heterocycles. The summed E-state index contributed by atoms with van der Waals surface area (Å²) in [5.41, 5.74) is 2.26. The van der Waals surface area contributed by atoms with Crippen molar-refractivity contribution in [2.45, 2.75) is 26.3 Å². The number of hydrogen-bond acceptors (Lipinski definition) is 3. The van der Waals surface area contributed by atoms with E-state index in [1.165, 1.54) is 0 Å². The van der Waals surface area contributed by atoms with Crippen LogP contribution in [-0.2, 0) is 6.54 Å². The van der Waals surface area contributed by atoms with E-state index in [0.29, 0.717) is 12.2 Å². The highest BCUT2D eigenvalue weighted by atomic mass is 16.3. The van der Waals surface area contributed by atoms with E-state index in [-0.39, 0.29) is 11.3 Å². The fourth-order valence-electron chi connectivity index (χ4n) is 2.65.